The molecule has 1 aliphatic heterocycles. The van der Waals surface area contributed by atoms with Crippen molar-refractivity contribution in [2.75, 3.05) is 13.2 Å². The van der Waals surface area contributed by atoms with Crippen LogP contribution in [-0.4, -0.2) is 45.0 Å². The number of hydrogen-bond donors (Lipinski definition) is 0. The number of likely N-dealkylation sites (tertiary alicyclic amines) is 1. The highest BCUT2D eigenvalue weighted by Gasteiger charge is 2.29. The smallest absolute Gasteiger partial charge is 0.260 e. The Kier molecular flexibility index (Phi) is 4.52. The topological polar surface area (TPSA) is 84.0 Å². The van der Waals surface area contributed by atoms with Crippen LogP contribution in [0.4, 0.5) is 0 Å². The van der Waals surface area contributed by atoms with Gasteiger partial charge in [-0.25, -0.2) is 0 Å². The lowest BCUT2D eigenvalue weighted by Crippen LogP contribution is -2.40. The van der Waals surface area contributed by atoms with Crippen molar-refractivity contribution in [3.8, 4) is 11.8 Å². The van der Waals surface area contributed by atoms with E-state index in [0.29, 0.717) is 17.9 Å². The molecule has 0 bridgehead atoms. The minimum atomic E-state index is -0.0691. The number of aromatic nitrogens is 3. The van der Waals surface area contributed by atoms with E-state index in [1.807, 2.05) is 4.90 Å². The second-order valence-corrected chi connectivity index (χ2v) is 5.40. The second-order valence-electron chi connectivity index (χ2n) is 5.40. The molecule has 2 heterocycles. The van der Waals surface area contributed by atoms with Crippen LogP contribution in [0.2, 0.25) is 0 Å². The molecule has 1 fully saturated rings. The van der Waals surface area contributed by atoms with E-state index < -0.39 is 0 Å². The summed E-state index contributed by atoms with van der Waals surface area (Å²) in [7, 11) is 0. The molecule has 0 spiro atoms. The highest BCUT2D eigenvalue weighted by atomic mass is 16.5. The Bertz CT molecular complexity index is 708. The summed E-state index contributed by atoms with van der Waals surface area (Å²) >= 11 is 0. The molecule has 0 N–H and O–H groups in total. The van der Waals surface area contributed by atoms with Crippen LogP contribution in [0.15, 0.2) is 36.7 Å². The Hall–Kier alpha value is -2.88. The number of benzene rings is 1. The zero-order valence-electron chi connectivity index (χ0n) is 12.6. The van der Waals surface area contributed by atoms with Gasteiger partial charge >= 0.3 is 0 Å². The summed E-state index contributed by atoms with van der Waals surface area (Å²) in [5.41, 5.74) is 0.431. The number of nitrogens with zero attached hydrogens (tertiary/aromatic N) is 5. The Morgan fingerprint density at radius 3 is 3.09 bits per heavy atom. The second kappa shape index (κ2) is 6.92. The standard InChI is InChI=1S/C16H17N5O2/c17-10-13-4-1-2-6-15(13)23-12-16(22)21-8-3-5-14(21)11-20-9-7-18-19-20/h1-2,4,6-7,9,14H,3,5,8,11-12H2/t14-/m0/s1. The predicted molar refractivity (Wildman–Crippen MR) is 81.4 cm³/mol. The molecule has 1 atom stereocenters. The molecule has 0 aliphatic carbocycles. The van der Waals surface area contributed by atoms with Gasteiger partial charge in [-0.2, -0.15) is 5.26 Å². The average molecular weight is 311 g/mol. The normalized spacial score (nSPS) is 17.0. The molecule has 1 amide bonds. The summed E-state index contributed by atoms with van der Waals surface area (Å²) in [6.45, 7) is 1.30. The number of amides is 1. The molecule has 1 saturated heterocycles. The third-order valence-corrected chi connectivity index (χ3v) is 3.93. The van der Waals surface area contributed by atoms with E-state index in [2.05, 4.69) is 16.4 Å². The highest BCUT2D eigenvalue weighted by Crippen LogP contribution is 2.20. The first-order valence-corrected chi connectivity index (χ1v) is 7.53. The van der Waals surface area contributed by atoms with E-state index >= 15 is 0 Å². The molecule has 23 heavy (non-hydrogen) atoms. The molecule has 1 aromatic heterocycles. The minimum absolute atomic E-state index is 0.0629. The van der Waals surface area contributed by atoms with Gasteiger partial charge in [-0.3, -0.25) is 9.48 Å². The van der Waals surface area contributed by atoms with Gasteiger partial charge < -0.3 is 9.64 Å². The maximum Gasteiger partial charge on any atom is 0.260 e. The number of hydrogen-bond acceptors (Lipinski definition) is 5. The van der Waals surface area contributed by atoms with Crippen LogP contribution >= 0.6 is 0 Å². The Balaban J connectivity index is 1.60. The number of carbonyl (C=O) groups excluding carboxylic acids is 1. The first kappa shape index (κ1) is 15.0. The number of rotatable bonds is 5. The monoisotopic (exact) mass is 311 g/mol. The molecular weight excluding hydrogens is 294 g/mol. The minimum Gasteiger partial charge on any atom is -0.482 e. The summed E-state index contributed by atoms with van der Waals surface area (Å²) < 4.78 is 7.28. The molecule has 0 radical (unpaired) electrons. The average Bonchev–Trinajstić information content (AvgIpc) is 3.25. The molecular formula is C16H17N5O2. The summed E-state index contributed by atoms with van der Waals surface area (Å²) in [4.78, 5) is 14.3. The fraction of sp³-hybridized carbons (Fsp3) is 0.375. The van der Waals surface area contributed by atoms with Crippen molar-refractivity contribution >= 4 is 5.91 Å². The molecule has 1 aliphatic rings. The largest absolute Gasteiger partial charge is 0.482 e. The van der Waals surface area contributed by atoms with Crippen LogP contribution in [0.25, 0.3) is 0 Å². The van der Waals surface area contributed by atoms with E-state index in [1.54, 1.807) is 41.3 Å². The molecule has 118 valence electrons. The summed E-state index contributed by atoms with van der Waals surface area (Å²) in [6, 6.07) is 9.08. The van der Waals surface area contributed by atoms with Gasteiger partial charge in [0.15, 0.2) is 6.61 Å². The van der Waals surface area contributed by atoms with Crippen molar-refractivity contribution in [1.29, 1.82) is 5.26 Å². The van der Waals surface area contributed by atoms with Gasteiger partial charge in [0.1, 0.15) is 11.8 Å². The summed E-state index contributed by atoms with van der Waals surface area (Å²) in [5.74, 6) is 0.371. The molecule has 0 saturated carbocycles. The van der Waals surface area contributed by atoms with Gasteiger partial charge in [-0.15, -0.1) is 5.10 Å². The fourth-order valence-corrected chi connectivity index (χ4v) is 2.81. The van der Waals surface area contributed by atoms with E-state index in [4.69, 9.17) is 10.00 Å². The molecule has 0 unspecified atom stereocenters. The van der Waals surface area contributed by atoms with Crippen molar-refractivity contribution < 1.29 is 9.53 Å². The lowest BCUT2D eigenvalue weighted by Gasteiger charge is -2.24. The van der Waals surface area contributed by atoms with E-state index in [-0.39, 0.29) is 18.6 Å². The van der Waals surface area contributed by atoms with Crippen molar-refractivity contribution in [2.24, 2.45) is 0 Å². The molecule has 2 aromatic rings. The maximum atomic E-state index is 12.4. The first-order chi connectivity index (χ1) is 11.3. The zero-order chi connectivity index (χ0) is 16.1. The Labute approximate surface area is 134 Å². The molecule has 3 rings (SSSR count). The number of nitriles is 1. The fourth-order valence-electron chi connectivity index (χ4n) is 2.81. The van der Waals surface area contributed by atoms with Crippen LogP contribution in [0.1, 0.15) is 18.4 Å². The van der Waals surface area contributed by atoms with Gasteiger partial charge in [-0.1, -0.05) is 17.3 Å². The number of ether oxygens (including phenoxy) is 1. The quantitative estimate of drug-likeness (QED) is 0.829. The zero-order valence-corrected chi connectivity index (χ0v) is 12.6. The van der Waals surface area contributed by atoms with Gasteiger partial charge in [0, 0.05) is 12.7 Å². The van der Waals surface area contributed by atoms with Crippen LogP contribution in [0.5, 0.6) is 5.75 Å². The SMILES string of the molecule is N#Cc1ccccc1OCC(=O)N1CCC[C@H]1Cn1ccnn1. The first-order valence-electron chi connectivity index (χ1n) is 7.53. The van der Waals surface area contributed by atoms with E-state index in [9.17, 15) is 4.79 Å². The van der Waals surface area contributed by atoms with Crippen molar-refractivity contribution in [1.82, 2.24) is 19.9 Å². The van der Waals surface area contributed by atoms with Crippen LogP contribution in [0.3, 0.4) is 0 Å². The summed E-state index contributed by atoms with van der Waals surface area (Å²) in [5, 5.41) is 16.8. The lowest BCUT2D eigenvalue weighted by atomic mass is 10.2. The molecule has 7 heteroatoms. The van der Waals surface area contributed by atoms with Crippen molar-refractivity contribution in [3.05, 3.63) is 42.2 Å². The Morgan fingerprint density at radius 2 is 2.30 bits per heavy atom. The third kappa shape index (κ3) is 3.48. The maximum absolute atomic E-state index is 12.4. The van der Waals surface area contributed by atoms with Crippen LogP contribution < -0.4 is 4.74 Å². The lowest BCUT2D eigenvalue weighted by molar-refractivity contribution is -0.134. The van der Waals surface area contributed by atoms with Gasteiger partial charge in [-0.05, 0) is 25.0 Å². The van der Waals surface area contributed by atoms with Crippen molar-refractivity contribution in [3.63, 3.8) is 0 Å². The Morgan fingerprint density at radius 1 is 1.43 bits per heavy atom. The summed E-state index contributed by atoms with van der Waals surface area (Å²) in [6.07, 6.45) is 5.34. The van der Waals surface area contributed by atoms with Crippen LogP contribution in [0, 0.1) is 11.3 Å². The highest BCUT2D eigenvalue weighted by molar-refractivity contribution is 5.78. The van der Waals surface area contributed by atoms with Gasteiger partial charge in [0.05, 0.1) is 24.3 Å². The predicted octanol–water partition coefficient (Wildman–Crippen LogP) is 1.22. The van der Waals surface area contributed by atoms with Crippen molar-refractivity contribution in [2.45, 2.75) is 25.4 Å². The molecule has 1 aromatic carbocycles. The van der Waals surface area contributed by atoms with E-state index in [0.717, 1.165) is 19.4 Å². The molecule has 7 nitrogen and oxygen atoms in total. The van der Waals surface area contributed by atoms with Gasteiger partial charge in [0.2, 0.25) is 0 Å². The van der Waals surface area contributed by atoms with Crippen LogP contribution in [-0.2, 0) is 11.3 Å². The number of carbonyl (C=O) groups is 1. The third-order valence-electron chi connectivity index (χ3n) is 3.93. The van der Waals surface area contributed by atoms with E-state index in [1.165, 1.54) is 0 Å². The number of para-hydroxylation sites is 1. The van der Waals surface area contributed by atoms with Gasteiger partial charge in [0.25, 0.3) is 5.91 Å².